The zero-order chi connectivity index (χ0) is 18.6. The van der Waals surface area contributed by atoms with Crippen LogP contribution in [-0.2, 0) is 28.9 Å². The normalized spacial score (nSPS) is 18.4. The number of benzene rings is 1. The second-order valence-corrected chi connectivity index (χ2v) is 7.89. The lowest BCUT2D eigenvalue weighted by Crippen LogP contribution is -2.31. The molecule has 0 radical (unpaired) electrons. The van der Waals surface area contributed by atoms with Gasteiger partial charge in [-0.3, -0.25) is 9.36 Å². The fourth-order valence-corrected chi connectivity index (χ4v) is 4.62. The molecule has 2 aromatic rings. The summed E-state index contributed by atoms with van der Waals surface area (Å²) in [6, 6.07) is 9.37. The maximum absolute atomic E-state index is 12.6. The monoisotopic (exact) mass is 385 g/mol. The Hall–Kier alpha value is -2.12. The summed E-state index contributed by atoms with van der Waals surface area (Å²) in [5, 5.41) is 3.57. The molecule has 27 heavy (non-hydrogen) atoms. The Labute approximate surface area is 162 Å². The summed E-state index contributed by atoms with van der Waals surface area (Å²) in [6.07, 6.45) is 5.00. The molecular formula is C20H23N3O3S. The SMILES string of the molecule is O=C(CSc1nc(=O)n(CC2CCCO2)c2c1CCC2)Nc1ccccc1. The fourth-order valence-electron chi connectivity index (χ4n) is 3.74. The van der Waals surface area contributed by atoms with Crippen LogP contribution in [0.3, 0.4) is 0 Å². The standard InChI is InChI=1S/C20H23N3O3S/c24-18(21-14-6-2-1-3-7-14)13-27-19-16-9-4-10-17(16)23(20(25)22-19)12-15-8-5-11-26-15/h1-3,6-7,15H,4-5,8-13H2,(H,21,24). The second kappa shape index (κ2) is 8.27. The van der Waals surface area contributed by atoms with Crippen molar-refractivity contribution in [3.05, 3.63) is 52.1 Å². The van der Waals surface area contributed by atoms with Crippen LogP contribution in [0.2, 0.25) is 0 Å². The van der Waals surface area contributed by atoms with Gasteiger partial charge in [0, 0.05) is 23.6 Å². The lowest BCUT2D eigenvalue weighted by Gasteiger charge is -2.17. The summed E-state index contributed by atoms with van der Waals surface area (Å²) >= 11 is 1.35. The van der Waals surface area contributed by atoms with Crippen LogP contribution >= 0.6 is 11.8 Å². The van der Waals surface area contributed by atoms with Crippen molar-refractivity contribution >= 4 is 23.4 Å². The summed E-state index contributed by atoms with van der Waals surface area (Å²) in [5.74, 6) is 0.145. The first-order valence-corrected chi connectivity index (χ1v) is 10.4. The quantitative estimate of drug-likeness (QED) is 0.611. The van der Waals surface area contributed by atoms with Gasteiger partial charge < -0.3 is 10.1 Å². The molecule has 1 saturated heterocycles. The number of nitrogens with one attached hydrogen (secondary N) is 1. The molecule has 1 aliphatic carbocycles. The molecule has 0 bridgehead atoms. The maximum atomic E-state index is 12.6. The predicted molar refractivity (Wildman–Crippen MR) is 105 cm³/mol. The van der Waals surface area contributed by atoms with Crippen LogP contribution in [0, 0.1) is 0 Å². The third-order valence-electron chi connectivity index (χ3n) is 5.01. The van der Waals surface area contributed by atoms with Gasteiger partial charge >= 0.3 is 5.69 Å². The number of hydrogen-bond acceptors (Lipinski definition) is 5. The van der Waals surface area contributed by atoms with Crippen molar-refractivity contribution in [1.82, 2.24) is 9.55 Å². The fraction of sp³-hybridized carbons (Fsp3) is 0.450. The number of amides is 1. The van der Waals surface area contributed by atoms with Crippen molar-refractivity contribution in [2.24, 2.45) is 0 Å². The van der Waals surface area contributed by atoms with Crippen LogP contribution in [0.25, 0.3) is 0 Å². The Kier molecular flexibility index (Phi) is 5.59. The Morgan fingerprint density at radius 1 is 1.26 bits per heavy atom. The van der Waals surface area contributed by atoms with Crippen LogP contribution in [0.4, 0.5) is 5.69 Å². The second-order valence-electron chi connectivity index (χ2n) is 6.93. The smallest absolute Gasteiger partial charge is 0.348 e. The van der Waals surface area contributed by atoms with E-state index >= 15 is 0 Å². The van der Waals surface area contributed by atoms with Gasteiger partial charge in [-0.2, -0.15) is 4.98 Å². The van der Waals surface area contributed by atoms with E-state index in [0.29, 0.717) is 11.6 Å². The molecule has 1 unspecified atom stereocenters. The van der Waals surface area contributed by atoms with Crippen LogP contribution < -0.4 is 11.0 Å². The first-order chi connectivity index (χ1) is 13.2. The zero-order valence-corrected chi connectivity index (χ0v) is 16.0. The molecule has 2 aliphatic rings. The first-order valence-electron chi connectivity index (χ1n) is 9.42. The highest BCUT2D eigenvalue weighted by Crippen LogP contribution is 2.30. The molecule has 1 aromatic heterocycles. The van der Waals surface area contributed by atoms with Crippen molar-refractivity contribution in [1.29, 1.82) is 0 Å². The number of thioether (sulfide) groups is 1. The minimum Gasteiger partial charge on any atom is -0.376 e. The third kappa shape index (κ3) is 4.25. The number of carbonyl (C=O) groups excluding carboxylic acids is 1. The molecule has 1 atom stereocenters. The molecule has 1 aliphatic heterocycles. The summed E-state index contributed by atoms with van der Waals surface area (Å²) in [4.78, 5) is 29.1. The molecule has 1 aromatic carbocycles. The van der Waals surface area contributed by atoms with E-state index in [1.165, 1.54) is 11.8 Å². The van der Waals surface area contributed by atoms with Gasteiger partial charge in [-0.15, -0.1) is 0 Å². The van der Waals surface area contributed by atoms with E-state index in [1.807, 2.05) is 30.3 Å². The molecule has 7 heteroatoms. The number of nitrogens with zero attached hydrogens (tertiary/aromatic N) is 2. The van der Waals surface area contributed by atoms with E-state index in [0.717, 1.165) is 55.7 Å². The molecule has 1 fully saturated rings. The first kappa shape index (κ1) is 18.3. The van der Waals surface area contributed by atoms with E-state index in [1.54, 1.807) is 4.57 Å². The minimum atomic E-state index is -0.225. The summed E-state index contributed by atoms with van der Waals surface area (Å²) in [5.41, 5.74) is 2.76. The lowest BCUT2D eigenvalue weighted by atomic mass is 10.2. The van der Waals surface area contributed by atoms with E-state index < -0.39 is 0 Å². The third-order valence-corrected chi connectivity index (χ3v) is 6.03. The predicted octanol–water partition coefficient (Wildman–Crippen LogP) is 2.64. The average Bonchev–Trinajstić information content (AvgIpc) is 3.35. The molecule has 0 saturated carbocycles. The average molecular weight is 385 g/mol. The van der Waals surface area contributed by atoms with Gasteiger partial charge in [0.05, 0.1) is 18.4 Å². The molecule has 2 heterocycles. The molecular weight excluding hydrogens is 362 g/mol. The van der Waals surface area contributed by atoms with Crippen molar-refractivity contribution in [2.75, 3.05) is 17.7 Å². The molecule has 1 amide bonds. The highest BCUT2D eigenvalue weighted by molar-refractivity contribution is 8.00. The number of fused-ring (bicyclic) bond motifs is 1. The number of rotatable bonds is 6. The lowest BCUT2D eigenvalue weighted by molar-refractivity contribution is -0.113. The van der Waals surface area contributed by atoms with Gasteiger partial charge in [-0.1, -0.05) is 30.0 Å². The summed E-state index contributed by atoms with van der Waals surface area (Å²) < 4.78 is 7.49. The number of ether oxygens (including phenoxy) is 1. The van der Waals surface area contributed by atoms with E-state index in [9.17, 15) is 9.59 Å². The Bertz CT molecular complexity index is 876. The molecule has 0 spiro atoms. The van der Waals surface area contributed by atoms with Crippen LogP contribution in [0.1, 0.15) is 30.5 Å². The van der Waals surface area contributed by atoms with Crippen molar-refractivity contribution < 1.29 is 9.53 Å². The van der Waals surface area contributed by atoms with Gasteiger partial charge in [0.15, 0.2) is 0 Å². The number of hydrogen-bond donors (Lipinski definition) is 1. The van der Waals surface area contributed by atoms with Gasteiger partial charge in [-0.05, 0) is 44.2 Å². The van der Waals surface area contributed by atoms with Crippen LogP contribution in [0.5, 0.6) is 0 Å². The topological polar surface area (TPSA) is 73.2 Å². The Balaban J connectivity index is 1.47. The number of para-hydroxylation sites is 1. The minimum absolute atomic E-state index is 0.0942. The van der Waals surface area contributed by atoms with E-state index in [4.69, 9.17) is 4.74 Å². The van der Waals surface area contributed by atoms with Gasteiger partial charge in [0.25, 0.3) is 0 Å². The van der Waals surface area contributed by atoms with E-state index in [-0.39, 0.29) is 23.5 Å². The highest BCUT2D eigenvalue weighted by Gasteiger charge is 2.25. The Morgan fingerprint density at radius 3 is 2.89 bits per heavy atom. The van der Waals surface area contributed by atoms with Crippen molar-refractivity contribution in [2.45, 2.75) is 49.8 Å². The Morgan fingerprint density at radius 2 is 2.11 bits per heavy atom. The maximum Gasteiger partial charge on any atom is 0.348 e. The molecule has 1 N–H and O–H groups in total. The van der Waals surface area contributed by atoms with E-state index in [2.05, 4.69) is 10.3 Å². The molecule has 142 valence electrons. The van der Waals surface area contributed by atoms with Crippen molar-refractivity contribution in [3.63, 3.8) is 0 Å². The largest absolute Gasteiger partial charge is 0.376 e. The van der Waals surface area contributed by atoms with Gasteiger partial charge in [0.1, 0.15) is 5.03 Å². The van der Waals surface area contributed by atoms with Gasteiger partial charge in [0.2, 0.25) is 5.91 Å². The number of aromatic nitrogens is 2. The highest BCUT2D eigenvalue weighted by atomic mass is 32.2. The van der Waals surface area contributed by atoms with Crippen LogP contribution in [-0.4, -0.2) is 33.9 Å². The van der Waals surface area contributed by atoms with Crippen LogP contribution in [0.15, 0.2) is 40.2 Å². The summed E-state index contributed by atoms with van der Waals surface area (Å²) in [6.45, 7) is 1.37. The molecule has 6 nitrogen and oxygen atoms in total. The number of anilines is 1. The zero-order valence-electron chi connectivity index (χ0n) is 15.1. The van der Waals surface area contributed by atoms with Gasteiger partial charge in [-0.25, -0.2) is 4.79 Å². The summed E-state index contributed by atoms with van der Waals surface area (Å²) in [7, 11) is 0. The molecule has 4 rings (SSSR count). The number of carbonyl (C=O) groups is 1. The van der Waals surface area contributed by atoms with Crippen molar-refractivity contribution in [3.8, 4) is 0 Å².